The predicted molar refractivity (Wildman–Crippen MR) is 105 cm³/mol. The second kappa shape index (κ2) is 7.30. The zero-order chi connectivity index (χ0) is 21.5. The molecular weight excluding hydrogens is 421 g/mol. The topological polar surface area (TPSA) is 98.2 Å². The summed E-state index contributed by atoms with van der Waals surface area (Å²) in [5.74, 6) is -0.626. The molecular formula is C19H12ClF3N6O. The van der Waals surface area contributed by atoms with Gasteiger partial charge in [-0.15, -0.1) is 0 Å². The Hall–Kier alpha value is -3.66. The van der Waals surface area contributed by atoms with E-state index in [-0.39, 0.29) is 22.2 Å². The Labute approximate surface area is 172 Å². The van der Waals surface area contributed by atoms with Crippen LogP contribution in [0.3, 0.4) is 0 Å². The maximum atomic E-state index is 12.8. The zero-order valence-corrected chi connectivity index (χ0v) is 15.7. The minimum Gasteiger partial charge on any atom is -0.382 e. The van der Waals surface area contributed by atoms with E-state index >= 15 is 0 Å². The monoisotopic (exact) mass is 432 g/mol. The first-order valence-corrected chi connectivity index (χ1v) is 8.83. The Morgan fingerprint density at radius 3 is 2.63 bits per heavy atom. The van der Waals surface area contributed by atoms with Gasteiger partial charge in [0.15, 0.2) is 0 Å². The molecule has 1 aromatic carbocycles. The molecule has 3 heterocycles. The van der Waals surface area contributed by atoms with Crippen molar-refractivity contribution in [2.45, 2.75) is 6.18 Å². The molecule has 3 N–H and O–H groups in total. The maximum Gasteiger partial charge on any atom is 0.416 e. The molecule has 4 rings (SSSR count). The van der Waals surface area contributed by atoms with Crippen LogP contribution >= 0.6 is 11.6 Å². The Morgan fingerprint density at radius 1 is 1.10 bits per heavy atom. The normalized spacial score (nSPS) is 11.6. The highest BCUT2D eigenvalue weighted by molar-refractivity contribution is 6.34. The molecule has 0 radical (unpaired) electrons. The van der Waals surface area contributed by atoms with Crippen molar-refractivity contribution < 1.29 is 18.0 Å². The number of nitrogens with two attached hydrogens (primary N) is 1. The van der Waals surface area contributed by atoms with Gasteiger partial charge in [-0.1, -0.05) is 17.7 Å². The van der Waals surface area contributed by atoms with Crippen molar-refractivity contribution in [3.63, 3.8) is 0 Å². The Kier molecular flexibility index (Phi) is 4.78. The smallest absolute Gasteiger partial charge is 0.382 e. The summed E-state index contributed by atoms with van der Waals surface area (Å²) < 4.78 is 40.2. The number of benzene rings is 1. The van der Waals surface area contributed by atoms with Crippen LogP contribution in [0.25, 0.3) is 16.8 Å². The summed E-state index contributed by atoms with van der Waals surface area (Å²) in [6.07, 6.45) is 1.19. The number of pyridine rings is 1. The number of nitrogen functional groups attached to an aromatic ring is 1. The number of nitrogens with zero attached hydrogens (tertiary/aromatic N) is 4. The molecule has 7 nitrogen and oxygen atoms in total. The average Bonchev–Trinajstić information content (AvgIpc) is 3.13. The molecule has 0 spiro atoms. The van der Waals surface area contributed by atoms with Crippen LogP contribution in [-0.2, 0) is 6.18 Å². The number of alkyl halides is 3. The molecule has 0 saturated carbocycles. The Bertz CT molecular complexity index is 1270. The van der Waals surface area contributed by atoms with Gasteiger partial charge in [0.2, 0.25) is 0 Å². The van der Waals surface area contributed by atoms with E-state index in [1.54, 1.807) is 23.0 Å². The largest absolute Gasteiger partial charge is 0.416 e. The van der Waals surface area contributed by atoms with Gasteiger partial charge in [0.05, 0.1) is 10.6 Å². The number of halogens is 4. The summed E-state index contributed by atoms with van der Waals surface area (Å²) in [4.78, 5) is 24.5. The number of nitrogens with one attached hydrogen (secondary N) is 1. The summed E-state index contributed by atoms with van der Waals surface area (Å²) in [6.45, 7) is 0. The van der Waals surface area contributed by atoms with Crippen LogP contribution in [0.4, 0.5) is 24.8 Å². The van der Waals surface area contributed by atoms with Gasteiger partial charge in [0.1, 0.15) is 29.2 Å². The molecule has 0 atom stereocenters. The Balaban J connectivity index is 1.63. The number of hydrogen-bond donors (Lipinski definition) is 2. The SMILES string of the molecule is Nc1nccn2cnc(-c3ccc(C(=O)Nc4cc(C(F)(F)F)ccn4)cc3Cl)c12. The first-order valence-electron chi connectivity index (χ1n) is 8.45. The molecule has 30 heavy (non-hydrogen) atoms. The first-order chi connectivity index (χ1) is 14.2. The van der Waals surface area contributed by atoms with E-state index < -0.39 is 17.6 Å². The molecule has 1 amide bonds. The first kappa shape index (κ1) is 19.6. The molecule has 0 fully saturated rings. The number of anilines is 2. The van der Waals surface area contributed by atoms with Crippen molar-refractivity contribution in [3.05, 3.63) is 71.4 Å². The number of amides is 1. The van der Waals surface area contributed by atoms with Crippen molar-refractivity contribution in [3.8, 4) is 11.3 Å². The van der Waals surface area contributed by atoms with Gasteiger partial charge >= 0.3 is 6.18 Å². The van der Waals surface area contributed by atoms with Crippen LogP contribution in [0.1, 0.15) is 15.9 Å². The molecule has 11 heteroatoms. The summed E-state index contributed by atoms with van der Waals surface area (Å²) >= 11 is 6.35. The van der Waals surface area contributed by atoms with E-state index in [1.807, 2.05) is 0 Å². The number of carbonyl (C=O) groups excluding carboxylic acids is 1. The minimum absolute atomic E-state index is 0.137. The van der Waals surface area contributed by atoms with E-state index in [9.17, 15) is 18.0 Å². The van der Waals surface area contributed by atoms with Crippen LogP contribution in [-0.4, -0.2) is 25.3 Å². The standard InChI is InChI=1S/C19H12ClF3N6O/c20-13-7-10(18(30)28-14-8-11(3-4-25-14)19(21,22)23)1-2-12(13)15-16-17(24)26-5-6-29(16)9-27-15/h1-9H,(H2,24,26)(H,25,28,30). The number of rotatable bonds is 3. The molecule has 152 valence electrons. The van der Waals surface area contributed by atoms with Crippen molar-refractivity contribution >= 4 is 34.7 Å². The van der Waals surface area contributed by atoms with Gasteiger partial charge in [-0.3, -0.25) is 4.79 Å². The van der Waals surface area contributed by atoms with Crippen LogP contribution in [0.5, 0.6) is 0 Å². The summed E-state index contributed by atoms with van der Waals surface area (Å²) in [5, 5.41) is 2.54. The van der Waals surface area contributed by atoms with E-state index in [1.165, 1.54) is 18.3 Å². The van der Waals surface area contributed by atoms with Gasteiger partial charge in [-0.2, -0.15) is 13.2 Å². The molecule has 0 aliphatic rings. The third-order valence-electron chi connectivity index (χ3n) is 4.29. The number of imidazole rings is 1. The molecule has 0 unspecified atom stereocenters. The third-order valence-corrected chi connectivity index (χ3v) is 4.61. The van der Waals surface area contributed by atoms with Gasteiger partial charge in [0.25, 0.3) is 5.91 Å². The fraction of sp³-hybridized carbons (Fsp3) is 0.0526. The lowest BCUT2D eigenvalue weighted by molar-refractivity contribution is -0.137. The van der Waals surface area contributed by atoms with E-state index in [4.69, 9.17) is 17.3 Å². The average molecular weight is 433 g/mol. The van der Waals surface area contributed by atoms with Crippen molar-refractivity contribution in [2.24, 2.45) is 0 Å². The van der Waals surface area contributed by atoms with Crippen LogP contribution in [0.2, 0.25) is 5.02 Å². The van der Waals surface area contributed by atoms with E-state index in [0.717, 1.165) is 18.3 Å². The van der Waals surface area contributed by atoms with Gasteiger partial charge in [-0.05, 0) is 24.3 Å². The van der Waals surface area contributed by atoms with Crippen molar-refractivity contribution in [1.82, 2.24) is 19.4 Å². The highest BCUT2D eigenvalue weighted by atomic mass is 35.5. The summed E-state index contributed by atoms with van der Waals surface area (Å²) in [6, 6.07) is 6.00. The lowest BCUT2D eigenvalue weighted by Gasteiger charge is -2.10. The van der Waals surface area contributed by atoms with Gasteiger partial charge in [-0.25, -0.2) is 15.0 Å². The lowest BCUT2D eigenvalue weighted by atomic mass is 10.1. The quantitative estimate of drug-likeness (QED) is 0.503. The second-order valence-electron chi connectivity index (χ2n) is 6.24. The van der Waals surface area contributed by atoms with Crippen LogP contribution < -0.4 is 11.1 Å². The molecule has 3 aromatic heterocycles. The zero-order valence-electron chi connectivity index (χ0n) is 15.0. The number of carbonyl (C=O) groups is 1. The van der Waals surface area contributed by atoms with Crippen LogP contribution in [0.15, 0.2) is 55.2 Å². The highest BCUT2D eigenvalue weighted by Crippen LogP contribution is 2.33. The minimum atomic E-state index is -4.54. The fourth-order valence-corrected chi connectivity index (χ4v) is 3.15. The fourth-order valence-electron chi connectivity index (χ4n) is 2.88. The van der Waals surface area contributed by atoms with Gasteiger partial charge < -0.3 is 15.5 Å². The second-order valence-corrected chi connectivity index (χ2v) is 6.65. The van der Waals surface area contributed by atoms with E-state index in [2.05, 4.69) is 20.3 Å². The summed E-state index contributed by atoms with van der Waals surface area (Å²) in [5.41, 5.74) is 6.71. The molecule has 4 aromatic rings. The summed E-state index contributed by atoms with van der Waals surface area (Å²) in [7, 11) is 0. The van der Waals surface area contributed by atoms with Gasteiger partial charge in [0, 0.05) is 29.7 Å². The molecule has 0 aliphatic heterocycles. The van der Waals surface area contributed by atoms with Crippen molar-refractivity contribution in [2.75, 3.05) is 11.1 Å². The van der Waals surface area contributed by atoms with Crippen LogP contribution in [0, 0.1) is 0 Å². The third kappa shape index (κ3) is 3.64. The maximum absolute atomic E-state index is 12.8. The highest BCUT2D eigenvalue weighted by Gasteiger charge is 2.31. The number of aromatic nitrogens is 4. The predicted octanol–water partition coefficient (Wildman–Crippen LogP) is 4.30. The molecule has 0 aliphatic carbocycles. The van der Waals surface area contributed by atoms with E-state index in [0.29, 0.717) is 16.8 Å². The molecule has 0 saturated heterocycles. The number of fused-ring (bicyclic) bond motifs is 1. The molecule has 0 bridgehead atoms. The number of hydrogen-bond acceptors (Lipinski definition) is 5. The van der Waals surface area contributed by atoms with Crippen molar-refractivity contribution in [1.29, 1.82) is 0 Å². The Morgan fingerprint density at radius 2 is 1.90 bits per heavy atom. The lowest BCUT2D eigenvalue weighted by Crippen LogP contribution is -2.14.